The van der Waals surface area contributed by atoms with E-state index < -0.39 is 0 Å². The van der Waals surface area contributed by atoms with E-state index in [1.807, 2.05) is 11.5 Å². The molecule has 0 aliphatic carbocycles. The monoisotopic (exact) mass is 400 g/mol. The fourth-order valence-corrected chi connectivity index (χ4v) is 3.41. The van der Waals surface area contributed by atoms with E-state index in [4.69, 9.17) is 0 Å². The quantitative estimate of drug-likeness (QED) is 0.834. The Labute approximate surface area is 168 Å². The molecule has 1 aromatic heterocycles. The van der Waals surface area contributed by atoms with Gasteiger partial charge in [0.2, 0.25) is 0 Å². The molecule has 7 heteroatoms. The van der Waals surface area contributed by atoms with Crippen molar-refractivity contribution in [3.05, 3.63) is 51.7 Å². The average Bonchev–Trinajstić information content (AvgIpc) is 2.92. The van der Waals surface area contributed by atoms with Crippen LogP contribution < -0.4 is 11.0 Å². The highest BCUT2D eigenvalue weighted by Gasteiger charge is 2.23. The Balaban J connectivity index is 0.00000169. The van der Waals surface area contributed by atoms with Gasteiger partial charge in [0.1, 0.15) is 5.82 Å². The lowest BCUT2D eigenvalue weighted by Crippen LogP contribution is -2.31. The summed E-state index contributed by atoms with van der Waals surface area (Å²) >= 11 is 0. The topological polar surface area (TPSA) is 51.9 Å². The molecule has 1 saturated heterocycles. The number of nitrogens with zero attached hydrogens (tertiary/aromatic N) is 3. The molecule has 1 aromatic carbocycles. The highest BCUT2D eigenvalue weighted by Crippen LogP contribution is 2.21. The number of rotatable bonds is 5. The van der Waals surface area contributed by atoms with Crippen molar-refractivity contribution >= 4 is 24.8 Å². The first-order valence-corrected chi connectivity index (χ1v) is 9.07. The van der Waals surface area contributed by atoms with E-state index in [9.17, 15) is 4.79 Å². The molecule has 26 heavy (non-hydrogen) atoms. The molecule has 2 heterocycles. The van der Waals surface area contributed by atoms with Gasteiger partial charge in [-0.1, -0.05) is 38.1 Å². The van der Waals surface area contributed by atoms with Gasteiger partial charge in [0, 0.05) is 19.0 Å². The molecule has 0 spiro atoms. The average molecular weight is 401 g/mol. The smallest absolute Gasteiger partial charge is 0.316 e. The van der Waals surface area contributed by atoms with Crippen LogP contribution in [0.2, 0.25) is 0 Å². The van der Waals surface area contributed by atoms with E-state index in [2.05, 4.69) is 48.5 Å². The standard InChI is InChI=1S/C19H28N4O.2ClH/c1-4-22-18(17-6-5-11-20-12-17)21-23(19(22)24)13-15-7-9-16(10-8-15)14(2)3;;/h7-10,14,17,20H,4-6,11-13H2,1-3H3;2*1H. The van der Waals surface area contributed by atoms with E-state index in [1.165, 1.54) is 5.56 Å². The van der Waals surface area contributed by atoms with Crippen molar-refractivity contribution in [3.63, 3.8) is 0 Å². The predicted octanol–water partition coefficient (Wildman–Crippen LogP) is 3.55. The zero-order valence-corrected chi connectivity index (χ0v) is 17.4. The molecule has 1 aliphatic rings. The van der Waals surface area contributed by atoms with Gasteiger partial charge in [0.25, 0.3) is 0 Å². The van der Waals surface area contributed by atoms with Crippen molar-refractivity contribution in [2.24, 2.45) is 0 Å². The fourth-order valence-electron chi connectivity index (χ4n) is 3.41. The minimum absolute atomic E-state index is 0. The van der Waals surface area contributed by atoms with Crippen LogP contribution in [0, 0.1) is 0 Å². The summed E-state index contributed by atoms with van der Waals surface area (Å²) in [6.45, 7) is 9.59. The molecule has 1 unspecified atom stereocenters. The summed E-state index contributed by atoms with van der Waals surface area (Å²) in [7, 11) is 0. The molecule has 3 rings (SSSR count). The van der Waals surface area contributed by atoms with Crippen LogP contribution in [-0.2, 0) is 13.1 Å². The highest BCUT2D eigenvalue weighted by atomic mass is 35.5. The molecular weight excluding hydrogens is 371 g/mol. The number of hydrogen-bond donors (Lipinski definition) is 1. The molecule has 0 radical (unpaired) electrons. The van der Waals surface area contributed by atoms with Crippen molar-refractivity contribution in [1.82, 2.24) is 19.7 Å². The number of hydrogen-bond acceptors (Lipinski definition) is 3. The first-order valence-electron chi connectivity index (χ1n) is 9.07. The molecule has 2 aromatic rings. The van der Waals surface area contributed by atoms with Crippen molar-refractivity contribution in [1.29, 1.82) is 0 Å². The summed E-state index contributed by atoms with van der Waals surface area (Å²) in [5.74, 6) is 1.80. The predicted molar refractivity (Wildman–Crippen MR) is 111 cm³/mol. The van der Waals surface area contributed by atoms with Crippen molar-refractivity contribution in [2.45, 2.75) is 58.5 Å². The first kappa shape index (κ1) is 22.7. The van der Waals surface area contributed by atoms with Crippen molar-refractivity contribution in [2.75, 3.05) is 13.1 Å². The maximum absolute atomic E-state index is 12.7. The second-order valence-corrected chi connectivity index (χ2v) is 6.98. The molecule has 146 valence electrons. The molecule has 5 nitrogen and oxygen atoms in total. The van der Waals surface area contributed by atoms with Crippen LogP contribution in [0.25, 0.3) is 0 Å². The van der Waals surface area contributed by atoms with Gasteiger partial charge in [-0.05, 0) is 43.4 Å². The van der Waals surface area contributed by atoms with Gasteiger partial charge < -0.3 is 5.32 Å². The van der Waals surface area contributed by atoms with Gasteiger partial charge in [-0.25, -0.2) is 9.48 Å². The zero-order valence-electron chi connectivity index (χ0n) is 15.8. The number of halogens is 2. The normalized spacial score (nSPS) is 16.8. The lowest BCUT2D eigenvalue weighted by atomic mass is 9.99. The second kappa shape index (κ2) is 10.1. The number of nitrogens with one attached hydrogen (secondary N) is 1. The lowest BCUT2D eigenvalue weighted by Gasteiger charge is -2.21. The van der Waals surface area contributed by atoms with Crippen molar-refractivity contribution in [3.8, 4) is 0 Å². The summed E-state index contributed by atoms with van der Waals surface area (Å²) in [6.07, 6.45) is 2.25. The van der Waals surface area contributed by atoms with Crippen LogP contribution in [0.3, 0.4) is 0 Å². The van der Waals surface area contributed by atoms with E-state index in [1.54, 1.807) is 4.68 Å². The summed E-state index contributed by atoms with van der Waals surface area (Å²) in [5.41, 5.74) is 2.45. The fraction of sp³-hybridized carbons (Fsp3) is 0.579. The number of aromatic nitrogens is 3. The third-order valence-corrected chi connectivity index (χ3v) is 4.91. The van der Waals surface area contributed by atoms with Gasteiger partial charge in [-0.15, -0.1) is 24.8 Å². The molecule has 1 N–H and O–H groups in total. The summed E-state index contributed by atoms with van der Waals surface area (Å²) in [6, 6.07) is 8.50. The van der Waals surface area contributed by atoms with Crippen LogP contribution in [0.5, 0.6) is 0 Å². The highest BCUT2D eigenvalue weighted by molar-refractivity contribution is 5.85. The second-order valence-electron chi connectivity index (χ2n) is 6.98. The molecule has 1 atom stereocenters. The van der Waals surface area contributed by atoms with Crippen LogP contribution >= 0.6 is 24.8 Å². The molecular formula is C19H30Cl2N4O. The van der Waals surface area contributed by atoms with E-state index in [-0.39, 0.29) is 30.5 Å². The largest absolute Gasteiger partial charge is 0.346 e. The first-order chi connectivity index (χ1) is 11.6. The van der Waals surface area contributed by atoms with E-state index in [0.717, 1.165) is 37.3 Å². The van der Waals surface area contributed by atoms with Crippen LogP contribution in [0.15, 0.2) is 29.1 Å². The van der Waals surface area contributed by atoms with Gasteiger partial charge in [-0.2, -0.15) is 5.10 Å². The minimum atomic E-state index is 0. The summed E-state index contributed by atoms with van der Waals surface area (Å²) in [5, 5.41) is 8.10. The summed E-state index contributed by atoms with van der Waals surface area (Å²) < 4.78 is 3.46. The maximum atomic E-state index is 12.7. The third-order valence-electron chi connectivity index (χ3n) is 4.91. The van der Waals surface area contributed by atoms with Gasteiger partial charge >= 0.3 is 5.69 Å². The Morgan fingerprint density at radius 2 is 1.92 bits per heavy atom. The minimum Gasteiger partial charge on any atom is -0.316 e. The Hall–Kier alpha value is -1.30. The van der Waals surface area contributed by atoms with Crippen LogP contribution in [0.1, 0.15) is 62.4 Å². The Morgan fingerprint density at radius 1 is 1.23 bits per heavy atom. The molecule has 0 amide bonds. The van der Waals surface area contributed by atoms with E-state index >= 15 is 0 Å². The van der Waals surface area contributed by atoms with E-state index in [0.29, 0.717) is 24.9 Å². The van der Waals surface area contributed by atoms with Gasteiger partial charge in [0.15, 0.2) is 0 Å². The zero-order chi connectivity index (χ0) is 17.1. The molecule has 0 bridgehead atoms. The molecule has 0 saturated carbocycles. The van der Waals surface area contributed by atoms with Crippen molar-refractivity contribution < 1.29 is 0 Å². The summed E-state index contributed by atoms with van der Waals surface area (Å²) in [4.78, 5) is 12.7. The van der Waals surface area contributed by atoms with Crippen LogP contribution in [0.4, 0.5) is 0 Å². The molecule has 1 fully saturated rings. The number of piperidine rings is 1. The molecule has 1 aliphatic heterocycles. The SMILES string of the molecule is CCn1c(C2CCCNC2)nn(Cc2ccc(C(C)C)cc2)c1=O.Cl.Cl. The lowest BCUT2D eigenvalue weighted by molar-refractivity contribution is 0.431. The maximum Gasteiger partial charge on any atom is 0.346 e. The Bertz CT molecular complexity index is 731. The Kier molecular flexibility index (Phi) is 8.87. The van der Waals surface area contributed by atoms with Gasteiger partial charge in [0.05, 0.1) is 6.54 Å². The number of benzene rings is 1. The van der Waals surface area contributed by atoms with Gasteiger partial charge in [-0.3, -0.25) is 4.57 Å². The third kappa shape index (κ3) is 4.90. The van der Waals surface area contributed by atoms with Crippen LogP contribution in [-0.4, -0.2) is 27.4 Å². The Morgan fingerprint density at radius 3 is 2.46 bits per heavy atom.